The fourth-order valence-corrected chi connectivity index (χ4v) is 3.76. The lowest BCUT2D eigenvalue weighted by Gasteiger charge is -2.48. The van der Waals surface area contributed by atoms with Crippen LogP contribution in [0.5, 0.6) is 0 Å². The number of likely N-dealkylation sites (tertiary alicyclic amines) is 1. The maximum absolute atomic E-state index is 12.9. The van der Waals surface area contributed by atoms with E-state index in [4.69, 9.17) is 9.26 Å². The van der Waals surface area contributed by atoms with Crippen LogP contribution in [-0.2, 0) is 4.74 Å². The van der Waals surface area contributed by atoms with E-state index in [1.165, 1.54) is 0 Å². The van der Waals surface area contributed by atoms with Crippen LogP contribution in [0.4, 0.5) is 0 Å². The van der Waals surface area contributed by atoms with E-state index < -0.39 is 0 Å². The number of aromatic nitrogens is 1. The Morgan fingerprint density at radius 2 is 2.19 bits per heavy atom. The number of carbonyl (C=O) groups is 1. The third kappa shape index (κ3) is 2.36. The first-order chi connectivity index (χ1) is 10.0. The highest BCUT2D eigenvalue weighted by atomic mass is 16.5. The zero-order valence-corrected chi connectivity index (χ0v) is 12.7. The quantitative estimate of drug-likeness (QED) is 0.889. The first kappa shape index (κ1) is 14.5. The summed E-state index contributed by atoms with van der Waals surface area (Å²) in [6.45, 7) is 4.07. The average molecular weight is 294 g/mol. The number of methoxy groups -OCH3 is 1. The predicted molar refractivity (Wildman–Crippen MR) is 74.9 cm³/mol. The number of aliphatic hydroxyl groups excluding tert-OH is 1. The van der Waals surface area contributed by atoms with Crippen molar-refractivity contribution in [2.24, 2.45) is 5.92 Å². The number of hydrogen-bond acceptors (Lipinski definition) is 5. The van der Waals surface area contributed by atoms with Crippen LogP contribution in [0.2, 0.25) is 0 Å². The molecule has 0 radical (unpaired) electrons. The minimum atomic E-state index is -0.317. The number of aliphatic hydroxyl groups is 1. The Kier molecular flexibility index (Phi) is 3.75. The van der Waals surface area contributed by atoms with Gasteiger partial charge in [-0.05, 0) is 33.1 Å². The van der Waals surface area contributed by atoms with Gasteiger partial charge in [0.2, 0.25) is 0 Å². The van der Waals surface area contributed by atoms with Gasteiger partial charge in [-0.2, -0.15) is 0 Å². The number of carbonyl (C=O) groups excluding carboxylic acids is 1. The van der Waals surface area contributed by atoms with Gasteiger partial charge in [0.05, 0.1) is 17.9 Å². The summed E-state index contributed by atoms with van der Waals surface area (Å²) in [5.41, 5.74) is 1.19. The van der Waals surface area contributed by atoms with E-state index in [2.05, 4.69) is 5.16 Å². The van der Waals surface area contributed by atoms with Crippen molar-refractivity contribution in [1.82, 2.24) is 10.1 Å². The van der Waals surface area contributed by atoms with Crippen molar-refractivity contribution >= 4 is 5.91 Å². The molecule has 0 aromatic carbocycles. The monoisotopic (exact) mass is 294 g/mol. The summed E-state index contributed by atoms with van der Waals surface area (Å²) in [7, 11) is 1.64. The number of nitrogens with zero attached hydrogens (tertiary/aromatic N) is 2. The Morgan fingerprint density at radius 3 is 2.81 bits per heavy atom. The van der Waals surface area contributed by atoms with Crippen LogP contribution in [0.3, 0.4) is 0 Å². The smallest absolute Gasteiger partial charge is 0.259 e. The van der Waals surface area contributed by atoms with E-state index in [9.17, 15) is 9.90 Å². The molecule has 1 aliphatic heterocycles. The van der Waals surface area contributed by atoms with E-state index in [1.54, 1.807) is 21.0 Å². The van der Waals surface area contributed by atoms with Crippen molar-refractivity contribution in [3.8, 4) is 0 Å². The number of ether oxygens (including phenoxy) is 1. The van der Waals surface area contributed by atoms with Gasteiger partial charge in [-0.15, -0.1) is 0 Å². The zero-order valence-electron chi connectivity index (χ0n) is 12.7. The number of hydrogen-bond donors (Lipinski definition) is 1. The first-order valence-electron chi connectivity index (χ1n) is 7.47. The van der Waals surface area contributed by atoms with Crippen molar-refractivity contribution in [2.75, 3.05) is 13.7 Å². The maximum atomic E-state index is 12.9. The van der Waals surface area contributed by atoms with Crippen LogP contribution >= 0.6 is 0 Å². The Bertz CT molecular complexity index is 522. The third-order valence-electron chi connectivity index (χ3n) is 4.94. The maximum Gasteiger partial charge on any atom is 0.259 e. The van der Waals surface area contributed by atoms with E-state index in [-0.39, 0.29) is 30.1 Å². The summed E-state index contributed by atoms with van der Waals surface area (Å²) in [5, 5.41) is 14.0. The molecule has 2 aliphatic rings. The molecule has 1 saturated heterocycles. The molecule has 1 aliphatic carbocycles. The second-order valence-corrected chi connectivity index (χ2v) is 6.13. The number of rotatable bonds is 2. The summed E-state index contributed by atoms with van der Waals surface area (Å²) >= 11 is 0. The normalized spacial score (nSPS) is 32.3. The molecule has 1 saturated carbocycles. The lowest BCUT2D eigenvalue weighted by Crippen LogP contribution is -2.58. The SMILES string of the molecule is CO[C@H]1CN(C(=O)c2c(C)noc2C)[C@@H]2CC[C@@H](O)[C@@H]1C2. The van der Waals surface area contributed by atoms with Crippen LogP contribution < -0.4 is 0 Å². The number of amides is 1. The number of aryl methyl sites for hydroxylation is 2. The Labute approximate surface area is 124 Å². The molecule has 1 amide bonds. The van der Waals surface area contributed by atoms with Crippen molar-refractivity contribution in [1.29, 1.82) is 0 Å². The van der Waals surface area contributed by atoms with Crippen molar-refractivity contribution in [3.63, 3.8) is 0 Å². The van der Waals surface area contributed by atoms with E-state index in [0.717, 1.165) is 19.3 Å². The van der Waals surface area contributed by atoms with Crippen molar-refractivity contribution < 1.29 is 19.2 Å². The minimum Gasteiger partial charge on any atom is -0.393 e. The van der Waals surface area contributed by atoms with Crippen LogP contribution in [0, 0.1) is 19.8 Å². The highest BCUT2D eigenvalue weighted by molar-refractivity contribution is 5.96. The summed E-state index contributed by atoms with van der Waals surface area (Å²) in [4.78, 5) is 14.7. The van der Waals surface area contributed by atoms with Gasteiger partial charge in [-0.1, -0.05) is 5.16 Å². The molecule has 0 unspecified atom stereocenters. The molecule has 2 bridgehead atoms. The number of fused-ring (bicyclic) bond motifs is 2. The second kappa shape index (κ2) is 5.42. The fourth-order valence-electron chi connectivity index (χ4n) is 3.76. The first-order valence-corrected chi connectivity index (χ1v) is 7.47. The summed E-state index contributed by atoms with van der Waals surface area (Å²) in [5.74, 6) is 0.653. The molecular weight excluding hydrogens is 272 g/mol. The Balaban J connectivity index is 1.87. The minimum absolute atomic E-state index is 0.0341. The molecule has 1 aromatic rings. The van der Waals surface area contributed by atoms with Crippen LogP contribution in [0.15, 0.2) is 4.52 Å². The highest BCUT2D eigenvalue weighted by Crippen LogP contribution is 2.37. The van der Waals surface area contributed by atoms with E-state index in [0.29, 0.717) is 23.6 Å². The molecule has 0 spiro atoms. The standard InChI is InChI=1S/C15H22N2O4/c1-8-14(9(2)21-16-8)15(19)17-7-13(20-3)11-6-10(17)4-5-12(11)18/h10-13,18H,4-7H2,1-3H3/t10-,11+,12-,13+/m1/s1. The zero-order chi connectivity index (χ0) is 15.1. The molecule has 2 heterocycles. The molecule has 21 heavy (non-hydrogen) atoms. The van der Waals surface area contributed by atoms with E-state index in [1.807, 2.05) is 4.90 Å². The predicted octanol–water partition coefficient (Wildman–Crippen LogP) is 1.29. The lowest BCUT2D eigenvalue weighted by molar-refractivity contribution is -0.0941. The van der Waals surface area contributed by atoms with Gasteiger partial charge in [-0.3, -0.25) is 4.79 Å². The lowest BCUT2D eigenvalue weighted by atomic mass is 9.76. The third-order valence-corrected chi connectivity index (χ3v) is 4.94. The molecule has 116 valence electrons. The largest absolute Gasteiger partial charge is 0.393 e. The van der Waals surface area contributed by atoms with Gasteiger partial charge in [0.25, 0.3) is 5.91 Å². The van der Waals surface area contributed by atoms with Gasteiger partial charge in [0.15, 0.2) is 0 Å². The molecule has 3 rings (SSSR count). The summed E-state index contributed by atoms with van der Waals surface area (Å²) in [6, 6.07) is 0.172. The highest BCUT2D eigenvalue weighted by Gasteiger charge is 2.45. The second-order valence-electron chi connectivity index (χ2n) is 6.13. The average Bonchev–Trinajstić information content (AvgIpc) is 2.81. The van der Waals surface area contributed by atoms with Gasteiger partial charge in [0, 0.05) is 25.6 Å². The summed E-state index contributed by atoms with van der Waals surface area (Å²) < 4.78 is 10.6. The van der Waals surface area contributed by atoms with E-state index >= 15 is 0 Å². The van der Waals surface area contributed by atoms with Crippen LogP contribution in [-0.4, -0.2) is 53.0 Å². The summed E-state index contributed by atoms with van der Waals surface area (Å²) in [6.07, 6.45) is 1.93. The van der Waals surface area contributed by atoms with Gasteiger partial charge < -0.3 is 19.3 Å². The van der Waals surface area contributed by atoms with Crippen molar-refractivity contribution in [3.05, 3.63) is 17.0 Å². The van der Waals surface area contributed by atoms with Gasteiger partial charge in [-0.25, -0.2) is 0 Å². The van der Waals surface area contributed by atoms with Crippen LogP contribution in [0.1, 0.15) is 41.1 Å². The molecule has 1 N–H and O–H groups in total. The van der Waals surface area contributed by atoms with Crippen LogP contribution in [0.25, 0.3) is 0 Å². The molecule has 6 heteroatoms. The molecule has 6 nitrogen and oxygen atoms in total. The molecule has 4 atom stereocenters. The van der Waals surface area contributed by atoms with Gasteiger partial charge in [0.1, 0.15) is 11.3 Å². The fraction of sp³-hybridized carbons (Fsp3) is 0.733. The Hall–Kier alpha value is -1.40. The molecular formula is C15H22N2O4. The molecule has 1 aromatic heterocycles. The Morgan fingerprint density at radius 1 is 1.43 bits per heavy atom. The molecule has 2 fully saturated rings. The van der Waals surface area contributed by atoms with Gasteiger partial charge >= 0.3 is 0 Å². The topological polar surface area (TPSA) is 75.8 Å². The number of piperidine rings is 1. The van der Waals surface area contributed by atoms with Crippen molar-refractivity contribution in [2.45, 2.75) is 51.4 Å².